The summed E-state index contributed by atoms with van der Waals surface area (Å²) in [4.78, 5) is 13.1. The van der Waals surface area contributed by atoms with Gasteiger partial charge in [-0.15, -0.1) is 0 Å². The molecular formula is C18H26O. The quantitative estimate of drug-likeness (QED) is 0.637. The second-order valence-electron chi connectivity index (χ2n) is 6.95. The number of carbonyl (C=O) groups excluding carboxylic acids is 1. The zero-order valence-corrected chi connectivity index (χ0v) is 12.4. The zero-order valence-electron chi connectivity index (χ0n) is 12.4. The van der Waals surface area contributed by atoms with E-state index in [4.69, 9.17) is 0 Å². The van der Waals surface area contributed by atoms with Gasteiger partial charge in [-0.3, -0.25) is 4.79 Å². The molecule has 0 saturated heterocycles. The Morgan fingerprint density at radius 2 is 2.11 bits per heavy atom. The van der Waals surface area contributed by atoms with Gasteiger partial charge in [-0.1, -0.05) is 44.1 Å². The van der Waals surface area contributed by atoms with Gasteiger partial charge < -0.3 is 0 Å². The second kappa shape index (κ2) is 4.92. The van der Waals surface area contributed by atoms with Crippen LogP contribution < -0.4 is 0 Å². The Labute approximate surface area is 117 Å². The van der Waals surface area contributed by atoms with Gasteiger partial charge in [-0.05, 0) is 43.9 Å². The highest BCUT2D eigenvalue weighted by Gasteiger charge is 2.47. The van der Waals surface area contributed by atoms with E-state index in [1.165, 1.54) is 18.4 Å². The molecule has 0 bridgehead atoms. The Hall–Kier alpha value is -0.850. The van der Waals surface area contributed by atoms with E-state index in [0.29, 0.717) is 29.5 Å². The second-order valence-corrected chi connectivity index (χ2v) is 6.95. The first kappa shape index (κ1) is 13.1. The van der Waals surface area contributed by atoms with Crippen LogP contribution in [-0.2, 0) is 4.79 Å². The molecule has 0 N–H and O–H groups in total. The Morgan fingerprint density at radius 1 is 1.32 bits per heavy atom. The smallest absolute Gasteiger partial charge is 0.140 e. The van der Waals surface area contributed by atoms with E-state index in [2.05, 4.69) is 39.0 Å². The molecule has 0 aromatic heterocycles. The summed E-state index contributed by atoms with van der Waals surface area (Å²) >= 11 is 0. The molecule has 3 aliphatic rings. The largest absolute Gasteiger partial charge is 0.299 e. The van der Waals surface area contributed by atoms with Crippen LogP contribution in [0, 0.1) is 35.5 Å². The predicted molar refractivity (Wildman–Crippen MR) is 78.7 cm³/mol. The predicted octanol–water partition coefficient (Wildman–Crippen LogP) is 4.40. The highest BCUT2D eigenvalue weighted by Crippen LogP contribution is 2.49. The topological polar surface area (TPSA) is 17.1 Å². The van der Waals surface area contributed by atoms with Crippen molar-refractivity contribution in [1.29, 1.82) is 0 Å². The van der Waals surface area contributed by atoms with Gasteiger partial charge in [-0.2, -0.15) is 0 Å². The number of ketones is 1. The van der Waals surface area contributed by atoms with Gasteiger partial charge in [0.25, 0.3) is 0 Å². The molecule has 3 rings (SSSR count). The third-order valence-electron chi connectivity index (χ3n) is 5.98. The van der Waals surface area contributed by atoms with Gasteiger partial charge in [-0.25, -0.2) is 0 Å². The van der Waals surface area contributed by atoms with Crippen molar-refractivity contribution in [3.8, 4) is 0 Å². The normalized spacial score (nSPS) is 45.4. The maximum atomic E-state index is 13.1. The first-order chi connectivity index (χ1) is 9.13. The zero-order chi connectivity index (χ0) is 13.6. The summed E-state index contributed by atoms with van der Waals surface area (Å²) in [6.45, 7) is 6.84. The maximum Gasteiger partial charge on any atom is 0.140 e. The summed E-state index contributed by atoms with van der Waals surface area (Å²) in [5.74, 6) is 3.56. The number of hydrogen-bond donors (Lipinski definition) is 0. The van der Waals surface area contributed by atoms with Crippen molar-refractivity contribution in [2.24, 2.45) is 35.5 Å². The third kappa shape index (κ3) is 2.02. The number of hydrogen-bond acceptors (Lipinski definition) is 1. The number of carbonyl (C=O) groups is 1. The number of Topliss-reactive ketones (excluding diaryl/α,β-unsaturated/α-hetero) is 1. The monoisotopic (exact) mass is 258 g/mol. The molecule has 0 radical (unpaired) electrons. The van der Waals surface area contributed by atoms with Crippen LogP contribution in [0.25, 0.3) is 0 Å². The van der Waals surface area contributed by atoms with Gasteiger partial charge in [0.1, 0.15) is 5.78 Å². The van der Waals surface area contributed by atoms with Crippen LogP contribution in [0.4, 0.5) is 0 Å². The molecule has 0 spiro atoms. The molecule has 1 nitrogen and oxygen atoms in total. The average Bonchev–Trinajstić information content (AvgIpc) is 2.98. The van der Waals surface area contributed by atoms with E-state index >= 15 is 0 Å². The van der Waals surface area contributed by atoms with Gasteiger partial charge >= 0.3 is 0 Å². The van der Waals surface area contributed by atoms with Crippen LogP contribution >= 0.6 is 0 Å². The minimum atomic E-state index is 0.253. The highest BCUT2D eigenvalue weighted by molar-refractivity contribution is 5.86. The Morgan fingerprint density at radius 3 is 2.84 bits per heavy atom. The van der Waals surface area contributed by atoms with E-state index in [0.717, 1.165) is 18.8 Å². The van der Waals surface area contributed by atoms with Crippen molar-refractivity contribution in [1.82, 2.24) is 0 Å². The van der Waals surface area contributed by atoms with Crippen molar-refractivity contribution in [2.75, 3.05) is 0 Å². The fourth-order valence-electron chi connectivity index (χ4n) is 4.98. The van der Waals surface area contributed by atoms with Crippen LogP contribution in [0.15, 0.2) is 23.8 Å². The number of allylic oxidation sites excluding steroid dienone is 4. The Balaban J connectivity index is 1.96. The van der Waals surface area contributed by atoms with Crippen molar-refractivity contribution in [3.05, 3.63) is 23.8 Å². The summed E-state index contributed by atoms with van der Waals surface area (Å²) < 4.78 is 0. The lowest BCUT2D eigenvalue weighted by Gasteiger charge is -2.31. The minimum absolute atomic E-state index is 0.253. The Kier molecular flexibility index (Phi) is 3.41. The van der Waals surface area contributed by atoms with E-state index in [-0.39, 0.29) is 5.92 Å². The molecule has 1 heteroatoms. The van der Waals surface area contributed by atoms with Crippen molar-refractivity contribution in [2.45, 2.75) is 46.5 Å². The standard InChI is InChI=1S/C18H26O/c1-4-14-12(3)10-13-9-8-11(2)15-6-5-7-16(15)18(19)17(13)14/h5-6,8,12-17H,4,7,9-10H2,1-3H3/t12-,13+,14-,15+,16-,17+/m1/s1. The van der Waals surface area contributed by atoms with Crippen molar-refractivity contribution < 1.29 is 4.79 Å². The minimum Gasteiger partial charge on any atom is -0.299 e. The molecule has 0 aromatic rings. The molecule has 3 aliphatic carbocycles. The third-order valence-corrected chi connectivity index (χ3v) is 5.98. The first-order valence-electron chi connectivity index (χ1n) is 8.00. The number of rotatable bonds is 1. The first-order valence-corrected chi connectivity index (χ1v) is 8.00. The van der Waals surface area contributed by atoms with Gasteiger partial charge in [0.2, 0.25) is 0 Å². The van der Waals surface area contributed by atoms with Crippen molar-refractivity contribution >= 4 is 5.78 Å². The van der Waals surface area contributed by atoms with E-state index < -0.39 is 0 Å². The molecule has 0 heterocycles. The van der Waals surface area contributed by atoms with Gasteiger partial charge in [0.15, 0.2) is 0 Å². The number of fused-ring (bicyclic) bond motifs is 2. The van der Waals surface area contributed by atoms with Crippen LogP contribution in [0.2, 0.25) is 0 Å². The highest BCUT2D eigenvalue weighted by atomic mass is 16.1. The van der Waals surface area contributed by atoms with Crippen LogP contribution in [-0.4, -0.2) is 5.78 Å². The van der Waals surface area contributed by atoms with E-state index in [1.807, 2.05) is 0 Å². The van der Waals surface area contributed by atoms with Crippen molar-refractivity contribution in [3.63, 3.8) is 0 Å². The average molecular weight is 258 g/mol. The molecule has 104 valence electrons. The summed E-state index contributed by atoms with van der Waals surface area (Å²) in [5.41, 5.74) is 1.43. The molecular weight excluding hydrogens is 232 g/mol. The van der Waals surface area contributed by atoms with E-state index in [1.54, 1.807) is 0 Å². The molecule has 19 heavy (non-hydrogen) atoms. The summed E-state index contributed by atoms with van der Waals surface area (Å²) in [7, 11) is 0. The lowest BCUT2D eigenvalue weighted by atomic mass is 9.71. The van der Waals surface area contributed by atoms with Crippen LogP contribution in [0.3, 0.4) is 0 Å². The molecule has 1 fully saturated rings. The van der Waals surface area contributed by atoms with Crippen LogP contribution in [0.5, 0.6) is 0 Å². The lowest BCUT2D eigenvalue weighted by molar-refractivity contribution is -0.130. The Bertz CT molecular complexity index is 431. The molecule has 0 unspecified atom stereocenters. The van der Waals surface area contributed by atoms with E-state index in [9.17, 15) is 4.79 Å². The fourth-order valence-corrected chi connectivity index (χ4v) is 4.98. The summed E-state index contributed by atoms with van der Waals surface area (Å²) in [6, 6.07) is 0. The van der Waals surface area contributed by atoms with Gasteiger partial charge in [0.05, 0.1) is 0 Å². The molecule has 0 aromatic carbocycles. The molecule has 1 saturated carbocycles. The molecule has 0 amide bonds. The lowest BCUT2D eigenvalue weighted by Crippen LogP contribution is -2.34. The molecule has 6 atom stereocenters. The maximum absolute atomic E-state index is 13.1. The summed E-state index contributed by atoms with van der Waals surface area (Å²) in [5, 5.41) is 0. The fraction of sp³-hybridized carbons (Fsp3) is 0.722. The van der Waals surface area contributed by atoms with Gasteiger partial charge in [0, 0.05) is 17.8 Å². The molecule has 0 aliphatic heterocycles. The SMILES string of the molecule is CC[C@H]1[C@H]2C(=O)[C@@H]3CC=C[C@H]3C(C)=CC[C@H]2C[C@H]1C. The summed E-state index contributed by atoms with van der Waals surface area (Å²) in [6.07, 6.45) is 11.5. The van der Waals surface area contributed by atoms with Crippen LogP contribution in [0.1, 0.15) is 46.5 Å².